The Labute approximate surface area is 116 Å². The van der Waals surface area contributed by atoms with Gasteiger partial charge in [-0.25, -0.2) is 4.98 Å². The zero-order chi connectivity index (χ0) is 12.4. The SMILES string of the molecule is Brc1ccc(N2CCN([C@H]3CCOC3)CC2)nc1. The molecule has 2 aliphatic rings. The van der Waals surface area contributed by atoms with Crippen LogP contribution in [0, 0.1) is 0 Å². The van der Waals surface area contributed by atoms with Gasteiger partial charge in [-0.2, -0.15) is 0 Å². The van der Waals surface area contributed by atoms with E-state index < -0.39 is 0 Å². The first-order valence-electron chi connectivity index (χ1n) is 6.51. The number of aromatic nitrogens is 1. The van der Waals surface area contributed by atoms with E-state index in [4.69, 9.17) is 4.74 Å². The van der Waals surface area contributed by atoms with Crippen LogP contribution in [-0.2, 0) is 4.74 Å². The molecule has 0 N–H and O–H groups in total. The molecule has 4 nitrogen and oxygen atoms in total. The fraction of sp³-hybridized carbons (Fsp3) is 0.615. The second-order valence-electron chi connectivity index (χ2n) is 4.88. The van der Waals surface area contributed by atoms with Crippen molar-refractivity contribution in [3.63, 3.8) is 0 Å². The van der Waals surface area contributed by atoms with Gasteiger partial charge in [-0.1, -0.05) is 0 Å². The van der Waals surface area contributed by atoms with Crippen molar-refractivity contribution in [3.8, 4) is 0 Å². The van der Waals surface area contributed by atoms with Gasteiger partial charge in [0.15, 0.2) is 0 Å². The van der Waals surface area contributed by atoms with Gasteiger partial charge in [0, 0.05) is 49.5 Å². The lowest BCUT2D eigenvalue weighted by Gasteiger charge is -2.38. The number of rotatable bonds is 2. The number of anilines is 1. The van der Waals surface area contributed by atoms with Gasteiger partial charge >= 0.3 is 0 Å². The third-order valence-corrected chi connectivity index (χ3v) is 4.24. The first-order chi connectivity index (χ1) is 8.83. The molecule has 5 heteroatoms. The topological polar surface area (TPSA) is 28.6 Å². The molecule has 0 aliphatic carbocycles. The summed E-state index contributed by atoms with van der Waals surface area (Å²) >= 11 is 3.42. The second-order valence-corrected chi connectivity index (χ2v) is 5.79. The van der Waals surface area contributed by atoms with Gasteiger partial charge in [0.1, 0.15) is 5.82 Å². The molecule has 2 aliphatic heterocycles. The average Bonchev–Trinajstić information content (AvgIpc) is 2.94. The Hall–Kier alpha value is -0.650. The first kappa shape index (κ1) is 12.4. The van der Waals surface area contributed by atoms with Gasteiger partial charge in [0.05, 0.1) is 6.61 Å². The molecule has 1 aromatic rings. The summed E-state index contributed by atoms with van der Waals surface area (Å²) in [5.41, 5.74) is 0. The van der Waals surface area contributed by atoms with E-state index in [9.17, 15) is 0 Å². The number of nitrogens with zero attached hydrogens (tertiary/aromatic N) is 3. The van der Waals surface area contributed by atoms with E-state index in [1.165, 1.54) is 6.42 Å². The van der Waals surface area contributed by atoms with Crippen LogP contribution in [0.3, 0.4) is 0 Å². The second kappa shape index (κ2) is 5.55. The molecule has 2 saturated heterocycles. The quantitative estimate of drug-likeness (QED) is 0.832. The zero-order valence-corrected chi connectivity index (χ0v) is 12.0. The van der Waals surface area contributed by atoms with Crippen LogP contribution in [0.4, 0.5) is 5.82 Å². The van der Waals surface area contributed by atoms with Crippen molar-refractivity contribution < 1.29 is 4.74 Å². The summed E-state index contributed by atoms with van der Waals surface area (Å²) in [5.74, 6) is 1.08. The van der Waals surface area contributed by atoms with Gasteiger partial charge in [0.25, 0.3) is 0 Å². The Kier molecular flexibility index (Phi) is 3.82. The van der Waals surface area contributed by atoms with E-state index in [2.05, 4.69) is 42.8 Å². The predicted molar refractivity (Wildman–Crippen MR) is 74.9 cm³/mol. The highest BCUT2D eigenvalue weighted by Crippen LogP contribution is 2.19. The minimum absolute atomic E-state index is 0.644. The zero-order valence-electron chi connectivity index (χ0n) is 10.4. The number of hydrogen-bond donors (Lipinski definition) is 0. The number of piperazine rings is 1. The molecule has 0 spiro atoms. The highest BCUT2D eigenvalue weighted by atomic mass is 79.9. The van der Waals surface area contributed by atoms with E-state index in [1.807, 2.05) is 6.20 Å². The Morgan fingerprint density at radius 2 is 2.06 bits per heavy atom. The van der Waals surface area contributed by atoms with E-state index in [1.54, 1.807) is 0 Å². The molecule has 0 amide bonds. The van der Waals surface area contributed by atoms with Crippen molar-refractivity contribution in [1.82, 2.24) is 9.88 Å². The molecule has 0 bridgehead atoms. The number of hydrogen-bond acceptors (Lipinski definition) is 4. The molecular weight excluding hydrogens is 294 g/mol. The summed E-state index contributed by atoms with van der Waals surface area (Å²) in [5, 5.41) is 0. The highest BCUT2D eigenvalue weighted by molar-refractivity contribution is 9.10. The van der Waals surface area contributed by atoms with Gasteiger partial charge in [-0.3, -0.25) is 4.90 Å². The smallest absolute Gasteiger partial charge is 0.128 e. The highest BCUT2D eigenvalue weighted by Gasteiger charge is 2.26. The Bertz CT molecular complexity index is 384. The van der Waals surface area contributed by atoms with Crippen molar-refractivity contribution in [1.29, 1.82) is 0 Å². The Morgan fingerprint density at radius 1 is 1.22 bits per heavy atom. The van der Waals surface area contributed by atoms with E-state index in [0.717, 1.165) is 49.7 Å². The van der Waals surface area contributed by atoms with Crippen LogP contribution in [0.5, 0.6) is 0 Å². The molecule has 98 valence electrons. The Balaban J connectivity index is 1.57. The molecule has 0 aromatic carbocycles. The summed E-state index contributed by atoms with van der Waals surface area (Å²) < 4.78 is 6.50. The van der Waals surface area contributed by atoms with E-state index in [-0.39, 0.29) is 0 Å². The number of pyridine rings is 1. The van der Waals surface area contributed by atoms with Crippen LogP contribution in [0.2, 0.25) is 0 Å². The molecule has 18 heavy (non-hydrogen) atoms. The molecule has 3 rings (SSSR count). The van der Waals surface area contributed by atoms with Crippen molar-refractivity contribution >= 4 is 21.7 Å². The molecule has 0 radical (unpaired) electrons. The number of halogens is 1. The maximum Gasteiger partial charge on any atom is 0.128 e. The fourth-order valence-corrected chi connectivity index (χ4v) is 2.92. The van der Waals surface area contributed by atoms with Crippen molar-refractivity contribution in [2.24, 2.45) is 0 Å². The monoisotopic (exact) mass is 311 g/mol. The van der Waals surface area contributed by atoms with E-state index >= 15 is 0 Å². The van der Waals surface area contributed by atoms with Gasteiger partial charge in [-0.05, 0) is 34.5 Å². The third-order valence-electron chi connectivity index (χ3n) is 3.77. The summed E-state index contributed by atoms with van der Waals surface area (Å²) in [6, 6.07) is 4.78. The van der Waals surface area contributed by atoms with Crippen molar-refractivity contribution in [2.45, 2.75) is 12.5 Å². The fourth-order valence-electron chi connectivity index (χ4n) is 2.68. The molecule has 1 aromatic heterocycles. The van der Waals surface area contributed by atoms with Crippen LogP contribution in [0.25, 0.3) is 0 Å². The van der Waals surface area contributed by atoms with Gasteiger partial charge in [0.2, 0.25) is 0 Å². The van der Waals surface area contributed by atoms with Crippen LogP contribution in [0.15, 0.2) is 22.8 Å². The lowest BCUT2D eigenvalue weighted by molar-refractivity contribution is 0.139. The number of ether oxygens (including phenoxy) is 1. The van der Waals surface area contributed by atoms with E-state index in [0.29, 0.717) is 6.04 Å². The molecule has 1 atom stereocenters. The van der Waals surface area contributed by atoms with Gasteiger partial charge in [-0.15, -0.1) is 0 Å². The maximum absolute atomic E-state index is 5.46. The molecule has 3 heterocycles. The lowest BCUT2D eigenvalue weighted by Crippen LogP contribution is -2.50. The predicted octanol–water partition coefficient (Wildman–Crippen LogP) is 1.75. The van der Waals surface area contributed by atoms with Crippen LogP contribution in [0.1, 0.15) is 6.42 Å². The molecule has 0 unspecified atom stereocenters. The first-order valence-corrected chi connectivity index (χ1v) is 7.30. The molecule has 2 fully saturated rings. The minimum atomic E-state index is 0.644. The van der Waals surface area contributed by atoms with Gasteiger partial charge < -0.3 is 9.64 Å². The largest absolute Gasteiger partial charge is 0.380 e. The summed E-state index contributed by atoms with van der Waals surface area (Å²) in [7, 11) is 0. The van der Waals surface area contributed by atoms with Crippen molar-refractivity contribution in [2.75, 3.05) is 44.3 Å². The summed E-state index contributed by atoms with van der Waals surface area (Å²) in [6.07, 6.45) is 3.06. The maximum atomic E-state index is 5.46. The molecule has 0 saturated carbocycles. The van der Waals surface area contributed by atoms with Crippen LogP contribution in [-0.4, -0.2) is 55.3 Å². The normalized spacial score (nSPS) is 25.6. The van der Waals surface area contributed by atoms with Crippen molar-refractivity contribution in [3.05, 3.63) is 22.8 Å². The van der Waals surface area contributed by atoms with Crippen LogP contribution >= 0.6 is 15.9 Å². The lowest BCUT2D eigenvalue weighted by atomic mass is 10.2. The standard InChI is InChI=1S/C13H18BrN3O/c14-11-1-2-13(15-9-11)17-6-4-16(5-7-17)12-3-8-18-10-12/h1-2,9,12H,3-8,10H2/t12-/m0/s1. The molecular formula is C13H18BrN3O. The van der Waals surface area contributed by atoms with Crippen LogP contribution < -0.4 is 4.90 Å². The minimum Gasteiger partial charge on any atom is -0.380 e. The third kappa shape index (κ3) is 2.68. The Morgan fingerprint density at radius 3 is 2.67 bits per heavy atom. The average molecular weight is 312 g/mol. The summed E-state index contributed by atoms with van der Waals surface area (Å²) in [6.45, 7) is 6.20. The summed E-state index contributed by atoms with van der Waals surface area (Å²) in [4.78, 5) is 9.38.